The topological polar surface area (TPSA) is 74.7 Å². The minimum Gasteiger partial charge on any atom is -0.480 e. The van der Waals surface area contributed by atoms with E-state index in [0.717, 1.165) is 9.87 Å². The van der Waals surface area contributed by atoms with Crippen molar-refractivity contribution >= 4 is 27.6 Å². The van der Waals surface area contributed by atoms with Crippen molar-refractivity contribution in [2.75, 3.05) is 12.3 Å². The van der Waals surface area contributed by atoms with Gasteiger partial charge in [-0.25, -0.2) is 8.42 Å². The number of rotatable bonds is 6. The van der Waals surface area contributed by atoms with Gasteiger partial charge in [0.25, 0.3) is 0 Å². The number of carboxylic acids is 1. The first-order chi connectivity index (χ1) is 8.35. The summed E-state index contributed by atoms with van der Waals surface area (Å²) in [6.07, 6.45) is 0. The van der Waals surface area contributed by atoms with Crippen molar-refractivity contribution in [1.29, 1.82) is 0 Å². The van der Waals surface area contributed by atoms with Crippen LogP contribution in [0.4, 0.5) is 0 Å². The smallest absolute Gasteiger partial charge is 0.320 e. The Kier molecular flexibility index (Phi) is 5.13. The first-order valence-electron chi connectivity index (χ1n) is 5.29. The molecule has 0 spiro atoms. The lowest BCUT2D eigenvalue weighted by molar-refractivity contribution is -0.134. The van der Waals surface area contributed by atoms with Gasteiger partial charge in [0.1, 0.15) is 0 Å². The Morgan fingerprint density at radius 3 is 2.61 bits per heavy atom. The van der Waals surface area contributed by atoms with Gasteiger partial charge in [0.05, 0.1) is 0 Å². The van der Waals surface area contributed by atoms with Crippen LogP contribution in [0, 0.1) is 0 Å². The largest absolute Gasteiger partial charge is 0.480 e. The van der Waals surface area contributed by atoms with Crippen molar-refractivity contribution in [1.82, 2.24) is 4.31 Å². The average molecular weight is 292 g/mol. The number of hydrogen-bond donors (Lipinski definition) is 1. The first-order valence-corrected chi connectivity index (χ1v) is 7.28. The fraction of sp³-hybridized carbons (Fsp3) is 0.364. The van der Waals surface area contributed by atoms with E-state index >= 15 is 0 Å². The van der Waals surface area contributed by atoms with Crippen molar-refractivity contribution < 1.29 is 18.3 Å². The number of aliphatic carboxylic acids is 1. The monoisotopic (exact) mass is 291 g/mol. The average Bonchev–Trinajstić information content (AvgIpc) is 2.24. The second-order valence-corrected chi connectivity index (χ2v) is 6.11. The van der Waals surface area contributed by atoms with Crippen LogP contribution < -0.4 is 0 Å². The SMILES string of the molecule is CCN(Cc1cccc(Cl)c1)S(=O)(=O)CC(=O)O. The summed E-state index contributed by atoms with van der Waals surface area (Å²) in [5, 5.41) is 9.09. The Morgan fingerprint density at radius 2 is 2.11 bits per heavy atom. The van der Waals surface area contributed by atoms with Crippen molar-refractivity contribution in [3.63, 3.8) is 0 Å². The van der Waals surface area contributed by atoms with E-state index in [1.807, 2.05) is 0 Å². The highest BCUT2D eigenvalue weighted by atomic mass is 35.5. The van der Waals surface area contributed by atoms with Gasteiger partial charge >= 0.3 is 5.97 Å². The molecule has 0 unspecified atom stereocenters. The van der Waals surface area contributed by atoms with Crippen molar-refractivity contribution in [2.24, 2.45) is 0 Å². The van der Waals surface area contributed by atoms with E-state index in [0.29, 0.717) is 5.02 Å². The molecular weight excluding hydrogens is 278 g/mol. The third kappa shape index (κ3) is 4.29. The summed E-state index contributed by atoms with van der Waals surface area (Å²) in [6.45, 7) is 1.98. The minimum absolute atomic E-state index is 0.118. The summed E-state index contributed by atoms with van der Waals surface area (Å²) in [6, 6.07) is 6.80. The normalized spacial score (nSPS) is 11.7. The Labute approximate surface area is 111 Å². The summed E-state index contributed by atoms with van der Waals surface area (Å²) < 4.78 is 24.7. The third-order valence-electron chi connectivity index (χ3n) is 2.30. The Morgan fingerprint density at radius 1 is 1.44 bits per heavy atom. The summed E-state index contributed by atoms with van der Waals surface area (Å²) in [7, 11) is -3.79. The molecule has 0 saturated carbocycles. The first kappa shape index (κ1) is 14.9. The van der Waals surface area contributed by atoms with Gasteiger partial charge in [-0.1, -0.05) is 30.7 Å². The Balaban J connectivity index is 2.88. The number of sulfonamides is 1. The zero-order valence-electron chi connectivity index (χ0n) is 9.84. The van der Waals surface area contributed by atoms with E-state index in [1.165, 1.54) is 0 Å². The summed E-state index contributed by atoms with van der Waals surface area (Å²) in [5.41, 5.74) is 0.721. The molecule has 100 valence electrons. The summed E-state index contributed by atoms with van der Waals surface area (Å²) >= 11 is 5.81. The van der Waals surface area contributed by atoms with E-state index in [2.05, 4.69) is 0 Å². The predicted octanol–water partition coefficient (Wildman–Crippen LogP) is 1.58. The summed E-state index contributed by atoms with van der Waals surface area (Å²) in [5.74, 6) is -2.26. The maximum Gasteiger partial charge on any atom is 0.320 e. The van der Waals surface area contributed by atoms with E-state index < -0.39 is 21.7 Å². The van der Waals surface area contributed by atoms with Crippen LogP contribution in [0.15, 0.2) is 24.3 Å². The number of nitrogens with zero attached hydrogens (tertiary/aromatic N) is 1. The number of carboxylic acid groups (broad SMARTS) is 1. The molecule has 0 radical (unpaired) electrons. The van der Waals surface area contributed by atoms with Crippen molar-refractivity contribution in [3.05, 3.63) is 34.9 Å². The molecule has 0 heterocycles. The van der Waals surface area contributed by atoms with Crippen LogP contribution in [0.25, 0.3) is 0 Å². The molecule has 18 heavy (non-hydrogen) atoms. The van der Waals surface area contributed by atoms with E-state index in [4.69, 9.17) is 16.7 Å². The number of benzene rings is 1. The van der Waals surface area contributed by atoms with Gasteiger partial charge in [-0.05, 0) is 17.7 Å². The highest BCUT2D eigenvalue weighted by Crippen LogP contribution is 2.14. The zero-order valence-corrected chi connectivity index (χ0v) is 11.4. The molecule has 0 aliphatic rings. The molecule has 1 rings (SSSR count). The minimum atomic E-state index is -3.79. The Hall–Kier alpha value is -1.11. The van der Waals surface area contributed by atoms with Gasteiger partial charge in [-0.2, -0.15) is 4.31 Å². The van der Waals surface area contributed by atoms with Gasteiger partial charge in [-0.3, -0.25) is 4.79 Å². The second-order valence-electron chi connectivity index (χ2n) is 3.71. The van der Waals surface area contributed by atoms with Crippen LogP contribution in [-0.2, 0) is 21.4 Å². The fourth-order valence-electron chi connectivity index (χ4n) is 1.49. The molecule has 1 N–H and O–H groups in total. The molecule has 1 aromatic carbocycles. The van der Waals surface area contributed by atoms with E-state index in [9.17, 15) is 13.2 Å². The molecule has 5 nitrogen and oxygen atoms in total. The van der Waals surface area contributed by atoms with Crippen LogP contribution in [0.2, 0.25) is 5.02 Å². The third-order valence-corrected chi connectivity index (χ3v) is 4.32. The van der Waals surface area contributed by atoms with Gasteiger partial charge < -0.3 is 5.11 Å². The lowest BCUT2D eigenvalue weighted by atomic mass is 10.2. The highest BCUT2D eigenvalue weighted by molar-refractivity contribution is 7.89. The van der Waals surface area contributed by atoms with Gasteiger partial charge in [-0.15, -0.1) is 0 Å². The number of hydrogen-bond acceptors (Lipinski definition) is 3. The lowest BCUT2D eigenvalue weighted by Gasteiger charge is -2.19. The summed E-state index contributed by atoms with van der Waals surface area (Å²) in [4.78, 5) is 10.5. The lowest BCUT2D eigenvalue weighted by Crippen LogP contribution is -2.34. The fourth-order valence-corrected chi connectivity index (χ4v) is 2.94. The molecule has 0 fully saturated rings. The number of carbonyl (C=O) groups is 1. The molecular formula is C11H14ClNO4S. The van der Waals surface area contributed by atoms with Crippen LogP contribution >= 0.6 is 11.6 Å². The maximum atomic E-state index is 11.8. The second kappa shape index (κ2) is 6.17. The van der Waals surface area contributed by atoms with E-state index in [-0.39, 0.29) is 13.1 Å². The van der Waals surface area contributed by atoms with Crippen LogP contribution in [-0.4, -0.2) is 36.1 Å². The van der Waals surface area contributed by atoms with Crippen molar-refractivity contribution in [3.8, 4) is 0 Å². The molecule has 0 amide bonds. The van der Waals surface area contributed by atoms with Gasteiger partial charge in [0, 0.05) is 18.1 Å². The molecule has 1 aromatic rings. The number of halogens is 1. The van der Waals surface area contributed by atoms with Crippen LogP contribution in [0.5, 0.6) is 0 Å². The van der Waals surface area contributed by atoms with Crippen molar-refractivity contribution in [2.45, 2.75) is 13.5 Å². The molecule has 7 heteroatoms. The molecule has 0 aromatic heterocycles. The molecule has 0 saturated heterocycles. The highest BCUT2D eigenvalue weighted by Gasteiger charge is 2.23. The standard InChI is InChI=1S/C11H14ClNO4S/c1-2-13(18(16,17)8-11(14)15)7-9-4-3-5-10(12)6-9/h3-6H,2,7-8H2,1H3,(H,14,15). The molecule has 0 aliphatic heterocycles. The van der Waals surface area contributed by atoms with Crippen LogP contribution in [0.3, 0.4) is 0 Å². The van der Waals surface area contributed by atoms with E-state index in [1.54, 1.807) is 31.2 Å². The predicted molar refractivity (Wildman–Crippen MR) is 69.0 cm³/mol. The maximum absolute atomic E-state index is 11.8. The van der Waals surface area contributed by atoms with Crippen LogP contribution in [0.1, 0.15) is 12.5 Å². The van der Waals surface area contributed by atoms with Gasteiger partial charge in [0.15, 0.2) is 5.75 Å². The molecule has 0 bridgehead atoms. The molecule has 0 atom stereocenters. The molecule has 0 aliphatic carbocycles. The van der Waals surface area contributed by atoms with Gasteiger partial charge in [0.2, 0.25) is 10.0 Å². The zero-order chi connectivity index (χ0) is 13.8. The Bertz CT molecular complexity index is 530. The quantitative estimate of drug-likeness (QED) is 0.863.